The first-order valence-electron chi connectivity index (χ1n) is 10.2. The molecule has 152 valence electrons. The topological polar surface area (TPSA) is 42.6 Å². The zero-order valence-electron chi connectivity index (χ0n) is 17.7. The molecular weight excluding hydrogens is 380 g/mol. The van der Waals surface area contributed by atoms with E-state index in [-0.39, 0.29) is 5.78 Å². The molecule has 6 heteroatoms. The van der Waals surface area contributed by atoms with Crippen LogP contribution < -0.4 is 9.80 Å². The van der Waals surface area contributed by atoms with E-state index in [0.29, 0.717) is 6.54 Å². The number of para-hydroxylation sites is 1. The van der Waals surface area contributed by atoms with E-state index in [1.807, 2.05) is 32.2 Å². The van der Waals surface area contributed by atoms with Crippen LogP contribution in [-0.2, 0) is 0 Å². The van der Waals surface area contributed by atoms with Gasteiger partial charge >= 0.3 is 0 Å². The lowest BCUT2D eigenvalue weighted by molar-refractivity contribution is -0.892. The monoisotopic (exact) mass is 409 g/mol. The highest BCUT2D eigenvalue weighted by Gasteiger charge is 2.26. The van der Waals surface area contributed by atoms with Crippen molar-refractivity contribution in [2.24, 2.45) is 0 Å². The number of ketones is 1. The molecule has 0 saturated carbocycles. The number of nitrogens with zero attached hydrogens (tertiary/aromatic N) is 3. The van der Waals surface area contributed by atoms with Crippen LogP contribution in [0.2, 0.25) is 0 Å². The van der Waals surface area contributed by atoms with Gasteiger partial charge in [-0.2, -0.15) is 0 Å². The Labute approximate surface area is 176 Å². The summed E-state index contributed by atoms with van der Waals surface area (Å²) in [5.41, 5.74) is 6.56. The number of benzene rings is 1. The summed E-state index contributed by atoms with van der Waals surface area (Å²) in [6, 6.07) is 10.6. The van der Waals surface area contributed by atoms with E-state index < -0.39 is 0 Å². The van der Waals surface area contributed by atoms with Crippen molar-refractivity contribution in [3.05, 3.63) is 63.9 Å². The molecule has 0 radical (unpaired) electrons. The van der Waals surface area contributed by atoms with Crippen molar-refractivity contribution in [2.45, 2.75) is 27.7 Å². The Balaban J connectivity index is 1.43. The van der Waals surface area contributed by atoms with Crippen LogP contribution >= 0.6 is 11.3 Å². The third-order valence-electron chi connectivity index (χ3n) is 5.87. The van der Waals surface area contributed by atoms with Crippen LogP contribution in [-0.4, -0.2) is 48.1 Å². The number of hydrogen-bond donors (Lipinski definition) is 1. The van der Waals surface area contributed by atoms with Crippen LogP contribution in [0.5, 0.6) is 0 Å². The van der Waals surface area contributed by atoms with Crippen LogP contribution in [0.15, 0.2) is 35.7 Å². The van der Waals surface area contributed by atoms with E-state index >= 15 is 0 Å². The lowest BCUT2D eigenvalue weighted by Gasteiger charge is -2.34. The van der Waals surface area contributed by atoms with Gasteiger partial charge in [-0.15, -0.1) is 11.3 Å². The summed E-state index contributed by atoms with van der Waals surface area (Å²) in [5, 5.41) is 2.99. The molecule has 0 atom stereocenters. The molecule has 1 N–H and O–H groups in total. The normalized spacial score (nSPS) is 15.1. The van der Waals surface area contributed by atoms with Crippen molar-refractivity contribution < 1.29 is 9.69 Å². The highest BCUT2D eigenvalue weighted by Crippen LogP contribution is 2.23. The van der Waals surface area contributed by atoms with Gasteiger partial charge in [0.15, 0.2) is 5.13 Å². The molecule has 5 nitrogen and oxygen atoms in total. The lowest BCUT2D eigenvalue weighted by atomic mass is 10.1. The molecule has 4 rings (SSSR count). The Morgan fingerprint density at radius 3 is 2.52 bits per heavy atom. The van der Waals surface area contributed by atoms with Gasteiger partial charge in [-0.3, -0.25) is 9.36 Å². The van der Waals surface area contributed by atoms with Crippen molar-refractivity contribution in [2.75, 3.05) is 37.6 Å². The van der Waals surface area contributed by atoms with Crippen LogP contribution in [0.25, 0.3) is 5.13 Å². The molecule has 3 aromatic rings. The second kappa shape index (κ2) is 8.13. The average molecular weight is 410 g/mol. The minimum atomic E-state index is 0.233. The molecule has 1 aliphatic heterocycles. The van der Waals surface area contributed by atoms with Gasteiger partial charge in [0.2, 0.25) is 5.78 Å². The fraction of sp³-hybridized carbons (Fsp3) is 0.391. The van der Waals surface area contributed by atoms with Crippen LogP contribution in [0.4, 0.5) is 5.69 Å². The van der Waals surface area contributed by atoms with Crippen molar-refractivity contribution in [3.63, 3.8) is 0 Å². The van der Waals surface area contributed by atoms with E-state index in [0.717, 1.165) is 54.0 Å². The number of Topliss-reactive ketones (excluding diaryl/α,β-unsaturated/α-hetero) is 1. The number of aromatic nitrogens is 2. The Bertz CT molecular complexity index is 1030. The highest BCUT2D eigenvalue weighted by atomic mass is 32.1. The smallest absolute Gasteiger partial charge is 0.218 e. The molecule has 0 spiro atoms. The maximum atomic E-state index is 13.1. The number of quaternary nitrogens is 1. The number of nitrogens with one attached hydrogen (secondary N) is 1. The Morgan fingerprint density at radius 2 is 1.86 bits per heavy atom. The zero-order chi connectivity index (χ0) is 20.5. The van der Waals surface area contributed by atoms with Gasteiger partial charge in [0.1, 0.15) is 6.54 Å². The minimum Gasteiger partial charge on any atom is -0.360 e. The molecule has 1 aromatic carbocycles. The summed E-state index contributed by atoms with van der Waals surface area (Å²) in [5.74, 6) is 0.233. The second-order valence-corrected chi connectivity index (χ2v) is 8.85. The lowest BCUT2D eigenvalue weighted by Crippen LogP contribution is -3.15. The number of thiazole rings is 1. The number of aryl methyl sites for hydroxylation is 3. The zero-order valence-corrected chi connectivity index (χ0v) is 18.5. The third kappa shape index (κ3) is 4.00. The summed E-state index contributed by atoms with van der Waals surface area (Å²) in [6.45, 7) is 12.8. The Kier molecular flexibility index (Phi) is 5.56. The van der Waals surface area contributed by atoms with Crippen molar-refractivity contribution in [1.29, 1.82) is 0 Å². The standard InChI is InChI=1S/C23H28N4OS/c1-16-7-5-6-8-21(16)26-11-9-25(10-12-26)14-22(28)20-13-18(3)27(19(20)4)23-24-17(2)15-29-23/h5-8,13,15H,9-12,14H2,1-4H3/p+1. The Morgan fingerprint density at radius 1 is 1.14 bits per heavy atom. The van der Waals surface area contributed by atoms with Crippen molar-refractivity contribution in [3.8, 4) is 5.13 Å². The first-order valence-corrected chi connectivity index (χ1v) is 11.1. The molecular formula is C23H29N4OS+. The summed E-state index contributed by atoms with van der Waals surface area (Å²) >= 11 is 1.62. The fourth-order valence-corrected chi connectivity index (χ4v) is 5.18. The van der Waals surface area contributed by atoms with E-state index in [2.05, 4.69) is 45.6 Å². The van der Waals surface area contributed by atoms with Crippen LogP contribution in [0.1, 0.15) is 33.0 Å². The van der Waals surface area contributed by atoms with E-state index in [4.69, 9.17) is 0 Å². The van der Waals surface area contributed by atoms with Gasteiger partial charge in [-0.25, -0.2) is 4.98 Å². The number of rotatable bonds is 5. The molecule has 0 amide bonds. The average Bonchev–Trinajstić information content (AvgIpc) is 3.25. The predicted octanol–water partition coefficient (Wildman–Crippen LogP) is 2.76. The van der Waals surface area contributed by atoms with Gasteiger partial charge in [-0.05, 0) is 45.4 Å². The van der Waals surface area contributed by atoms with Gasteiger partial charge in [0, 0.05) is 28.0 Å². The Hall–Kier alpha value is -2.44. The highest BCUT2D eigenvalue weighted by molar-refractivity contribution is 7.12. The van der Waals surface area contributed by atoms with Gasteiger partial charge in [-0.1, -0.05) is 18.2 Å². The SMILES string of the molecule is Cc1csc(-n2c(C)cc(C(=O)C[NH+]3CCN(c4ccccc4C)CC3)c2C)n1. The largest absolute Gasteiger partial charge is 0.360 e. The molecule has 1 fully saturated rings. The number of anilines is 1. The molecule has 29 heavy (non-hydrogen) atoms. The first kappa shape index (κ1) is 19.9. The maximum Gasteiger partial charge on any atom is 0.218 e. The molecule has 3 heterocycles. The number of hydrogen-bond acceptors (Lipinski definition) is 4. The summed E-state index contributed by atoms with van der Waals surface area (Å²) in [7, 11) is 0. The quantitative estimate of drug-likeness (QED) is 0.659. The number of carbonyl (C=O) groups is 1. The second-order valence-electron chi connectivity index (χ2n) is 8.02. The molecule has 2 aromatic heterocycles. The van der Waals surface area contributed by atoms with E-state index in [9.17, 15) is 4.79 Å². The van der Waals surface area contributed by atoms with Crippen molar-refractivity contribution in [1.82, 2.24) is 9.55 Å². The molecule has 1 aliphatic rings. The summed E-state index contributed by atoms with van der Waals surface area (Å²) in [4.78, 5) is 21.5. The van der Waals surface area contributed by atoms with Crippen LogP contribution in [0.3, 0.4) is 0 Å². The van der Waals surface area contributed by atoms with Gasteiger partial charge in [0.25, 0.3) is 0 Å². The third-order valence-corrected chi connectivity index (χ3v) is 6.81. The van der Waals surface area contributed by atoms with E-state index in [1.165, 1.54) is 16.2 Å². The summed E-state index contributed by atoms with van der Waals surface area (Å²) in [6.07, 6.45) is 0. The van der Waals surface area contributed by atoms with Gasteiger partial charge in [0.05, 0.1) is 31.9 Å². The first-order chi connectivity index (χ1) is 13.9. The minimum absolute atomic E-state index is 0.233. The fourth-order valence-electron chi connectivity index (χ4n) is 4.26. The molecule has 0 unspecified atom stereocenters. The molecule has 0 aliphatic carbocycles. The van der Waals surface area contributed by atoms with E-state index in [1.54, 1.807) is 11.3 Å². The molecule has 0 bridgehead atoms. The maximum absolute atomic E-state index is 13.1. The number of carbonyl (C=O) groups excluding carboxylic acids is 1. The van der Waals surface area contributed by atoms with Crippen molar-refractivity contribution >= 4 is 22.8 Å². The predicted molar refractivity (Wildman–Crippen MR) is 119 cm³/mol. The molecule has 1 saturated heterocycles. The summed E-state index contributed by atoms with van der Waals surface area (Å²) < 4.78 is 2.11. The number of piperazine rings is 1. The van der Waals surface area contributed by atoms with Crippen LogP contribution in [0, 0.1) is 27.7 Å². The van der Waals surface area contributed by atoms with Gasteiger partial charge < -0.3 is 9.80 Å².